The highest BCUT2D eigenvalue weighted by atomic mass is 19.1. The molecule has 0 saturated heterocycles. The van der Waals surface area contributed by atoms with E-state index >= 15 is 0 Å². The van der Waals surface area contributed by atoms with Crippen LogP contribution in [0, 0.1) is 5.82 Å². The van der Waals surface area contributed by atoms with Crippen molar-refractivity contribution in [2.75, 3.05) is 6.54 Å². The fourth-order valence-corrected chi connectivity index (χ4v) is 1.67. The molecule has 0 amide bonds. The lowest BCUT2D eigenvalue weighted by Gasteiger charge is -2.07. The van der Waals surface area contributed by atoms with Gasteiger partial charge in [-0.05, 0) is 36.7 Å². The maximum absolute atomic E-state index is 13.5. The number of para-hydroxylation sites is 1. The molecule has 0 spiro atoms. The van der Waals surface area contributed by atoms with Crippen molar-refractivity contribution in [2.45, 2.75) is 19.9 Å². The Bertz CT molecular complexity index is 531. The highest BCUT2D eigenvalue weighted by Crippen LogP contribution is 2.22. The maximum Gasteiger partial charge on any atom is 0.219 e. The first-order valence-electron chi connectivity index (χ1n) is 6.37. The Hall–Kier alpha value is -1.94. The molecule has 19 heavy (non-hydrogen) atoms. The molecule has 100 valence electrons. The molecule has 0 radical (unpaired) electrons. The van der Waals surface area contributed by atoms with Crippen LogP contribution in [0.15, 0.2) is 42.6 Å². The Kier molecular flexibility index (Phi) is 4.86. The van der Waals surface area contributed by atoms with Crippen LogP contribution >= 0.6 is 0 Å². The predicted molar refractivity (Wildman–Crippen MR) is 72.7 cm³/mol. The molecule has 1 heterocycles. The Morgan fingerprint density at radius 1 is 1.26 bits per heavy atom. The number of ether oxygens (including phenoxy) is 1. The van der Waals surface area contributed by atoms with Gasteiger partial charge in [0, 0.05) is 18.8 Å². The molecule has 1 N–H and O–H groups in total. The van der Waals surface area contributed by atoms with Crippen molar-refractivity contribution in [3.63, 3.8) is 0 Å². The minimum Gasteiger partial charge on any atom is -0.436 e. The molecule has 0 saturated carbocycles. The normalized spacial score (nSPS) is 10.4. The van der Waals surface area contributed by atoms with Crippen LogP contribution < -0.4 is 10.1 Å². The molecule has 3 nitrogen and oxygen atoms in total. The van der Waals surface area contributed by atoms with Gasteiger partial charge in [0.25, 0.3) is 0 Å². The van der Waals surface area contributed by atoms with Crippen molar-refractivity contribution in [1.82, 2.24) is 10.3 Å². The van der Waals surface area contributed by atoms with Crippen molar-refractivity contribution < 1.29 is 9.13 Å². The van der Waals surface area contributed by atoms with Crippen LogP contribution in [-0.2, 0) is 6.54 Å². The monoisotopic (exact) mass is 260 g/mol. The minimum atomic E-state index is -0.390. The second-order valence-corrected chi connectivity index (χ2v) is 4.21. The van der Waals surface area contributed by atoms with Crippen LogP contribution in [0.4, 0.5) is 4.39 Å². The smallest absolute Gasteiger partial charge is 0.219 e. The van der Waals surface area contributed by atoms with Gasteiger partial charge in [0.15, 0.2) is 11.6 Å². The van der Waals surface area contributed by atoms with E-state index in [1.807, 2.05) is 12.1 Å². The Morgan fingerprint density at radius 3 is 2.89 bits per heavy atom. The van der Waals surface area contributed by atoms with Crippen molar-refractivity contribution in [2.24, 2.45) is 0 Å². The number of nitrogens with one attached hydrogen (secondary N) is 1. The number of rotatable bonds is 6. The predicted octanol–water partition coefficient (Wildman–Crippen LogP) is 3.51. The fraction of sp³-hybridized carbons (Fsp3) is 0.267. The van der Waals surface area contributed by atoms with Gasteiger partial charge in [-0.2, -0.15) is 0 Å². The van der Waals surface area contributed by atoms with Gasteiger partial charge in [-0.15, -0.1) is 0 Å². The van der Waals surface area contributed by atoms with Gasteiger partial charge in [-0.1, -0.05) is 19.1 Å². The van der Waals surface area contributed by atoms with Crippen LogP contribution in [0.2, 0.25) is 0 Å². The van der Waals surface area contributed by atoms with Crippen LogP contribution in [0.1, 0.15) is 18.9 Å². The molecular weight excluding hydrogens is 243 g/mol. The summed E-state index contributed by atoms with van der Waals surface area (Å²) in [6, 6.07) is 10.0. The summed E-state index contributed by atoms with van der Waals surface area (Å²) in [6.07, 6.45) is 2.75. The molecule has 0 aliphatic carbocycles. The maximum atomic E-state index is 13.5. The van der Waals surface area contributed by atoms with E-state index in [1.165, 1.54) is 6.07 Å². The number of aromatic nitrogens is 1. The number of pyridine rings is 1. The van der Waals surface area contributed by atoms with E-state index in [9.17, 15) is 4.39 Å². The fourth-order valence-electron chi connectivity index (χ4n) is 1.67. The molecule has 0 bridgehead atoms. The van der Waals surface area contributed by atoms with E-state index in [0.29, 0.717) is 5.88 Å². The third kappa shape index (κ3) is 4.03. The molecule has 0 aliphatic heterocycles. The largest absolute Gasteiger partial charge is 0.436 e. The van der Waals surface area contributed by atoms with Crippen molar-refractivity contribution in [3.05, 3.63) is 54.0 Å². The van der Waals surface area contributed by atoms with Gasteiger partial charge in [-0.25, -0.2) is 9.37 Å². The van der Waals surface area contributed by atoms with E-state index in [-0.39, 0.29) is 11.6 Å². The first-order chi connectivity index (χ1) is 9.29. The van der Waals surface area contributed by atoms with E-state index < -0.39 is 0 Å². The summed E-state index contributed by atoms with van der Waals surface area (Å²) >= 11 is 0. The summed E-state index contributed by atoms with van der Waals surface area (Å²) in [5.41, 5.74) is 1.06. The molecule has 0 aliphatic rings. The zero-order valence-corrected chi connectivity index (χ0v) is 10.9. The van der Waals surface area contributed by atoms with Crippen molar-refractivity contribution in [3.8, 4) is 11.6 Å². The summed E-state index contributed by atoms with van der Waals surface area (Å²) in [5, 5.41) is 3.30. The summed E-state index contributed by atoms with van der Waals surface area (Å²) < 4.78 is 18.9. The van der Waals surface area contributed by atoms with Gasteiger partial charge in [0.05, 0.1) is 0 Å². The van der Waals surface area contributed by atoms with E-state index in [4.69, 9.17) is 4.74 Å². The highest BCUT2D eigenvalue weighted by Gasteiger charge is 2.04. The lowest BCUT2D eigenvalue weighted by molar-refractivity contribution is 0.426. The first kappa shape index (κ1) is 13.5. The third-order valence-electron chi connectivity index (χ3n) is 2.61. The summed E-state index contributed by atoms with van der Waals surface area (Å²) in [5.74, 6) is 0.202. The Labute approximate surface area is 112 Å². The second-order valence-electron chi connectivity index (χ2n) is 4.21. The van der Waals surface area contributed by atoms with E-state index in [1.54, 1.807) is 24.4 Å². The quantitative estimate of drug-likeness (QED) is 0.807. The zero-order chi connectivity index (χ0) is 13.5. The van der Waals surface area contributed by atoms with Gasteiger partial charge < -0.3 is 10.1 Å². The number of halogens is 1. The molecule has 1 aromatic heterocycles. The minimum absolute atomic E-state index is 0.189. The molecule has 0 unspecified atom stereocenters. The van der Waals surface area contributed by atoms with Crippen LogP contribution in [-0.4, -0.2) is 11.5 Å². The SMILES string of the molecule is CCCNCc1ccnc(Oc2ccccc2F)c1. The van der Waals surface area contributed by atoms with Crippen LogP contribution in [0.3, 0.4) is 0 Å². The number of benzene rings is 1. The first-order valence-corrected chi connectivity index (χ1v) is 6.37. The molecule has 1 aromatic carbocycles. The number of hydrogen-bond acceptors (Lipinski definition) is 3. The van der Waals surface area contributed by atoms with Gasteiger partial charge in [0.2, 0.25) is 5.88 Å². The molecule has 2 rings (SSSR count). The number of hydrogen-bond donors (Lipinski definition) is 1. The lowest BCUT2D eigenvalue weighted by Crippen LogP contribution is -2.13. The third-order valence-corrected chi connectivity index (χ3v) is 2.61. The highest BCUT2D eigenvalue weighted by molar-refractivity contribution is 5.30. The Morgan fingerprint density at radius 2 is 2.11 bits per heavy atom. The molecule has 0 fully saturated rings. The number of nitrogens with zero attached hydrogens (tertiary/aromatic N) is 1. The molecular formula is C15H17FN2O. The second kappa shape index (κ2) is 6.85. The standard InChI is InChI=1S/C15H17FN2O/c1-2-8-17-11-12-7-9-18-15(10-12)19-14-6-4-3-5-13(14)16/h3-7,9-10,17H,2,8,11H2,1H3. The molecule has 4 heteroatoms. The topological polar surface area (TPSA) is 34.2 Å². The summed E-state index contributed by atoms with van der Waals surface area (Å²) in [6.45, 7) is 3.84. The van der Waals surface area contributed by atoms with Crippen molar-refractivity contribution >= 4 is 0 Å². The Balaban J connectivity index is 2.05. The molecule has 2 aromatic rings. The van der Waals surface area contributed by atoms with Crippen LogP contribution in [0.25, 0.3) is 0 Å². The van der Waals surface area contributed by atoms with E-state index in [0.717, 1.165) is 25.1 Å². The van der Waals surface area contributed by atoms with Crippen LogP contribution in [0.5, 0.6) is 11.6 Å². The summed E-state index contributed by atoms with van der Waals surface area (Å²) in [7, 11) is 0. The zero-order valence-electron chi connectivity index (χ0n) is 10.9. The average Bonchev–Trinajstić information content (AvgIpc) is 2.42. The van der Waals surface area contributed by atoms with Gasteiger partial charge >= 0.3 is 0 Å². The summed E-state index contributed by atoms with van der Waals surface area (Å²) in [4.78, 5) is 4.09. The van der Waals surface area contributed by atoms with Gasteiger partial charge in [0.1, 0.15) is 0 Å². The molecule has 0 atom stereocenters. The lowest BCUT2D eigenvalue weighted by atomic mass is 10.2. The van der Waals surface area contributed by atoms with E-state index in [2.05, 4.69) is 17.2 Å². The average molecular weight is 260 g/mol. The van der Waals surface area contributed by atoms with Gasteiger partial charge in [-0.3, -0.25) is 0 Å². The van der Waals surface area contributed by atoms with Crippen molar-refractivity contribution in [1.29, 1.82) is 0 Å².